The summed E-state index contributed by atoms with van der Waals surface area (Å²) in [6, 6.07) is 5.47. The maximum atomic E-state index is 12.2. The first-order valence-corrected chi connectivity index (χ1v) is 5.98. The second-order valence-electron chi connectivity index (χ2n) is 4.33. The second-order valence-corrected chi connectivity index (χ2v) is 4.33. The van der Waals surface area contributed by atoms with Gasteiger partial charge in [-0.15, -0.1) is 13.2 Å². The minimum atomic E-state index is -4.73. The van der Waals surface area contributed by atoms with Crippen molar-refractivity contribution in [2.24, 2.45) is 0 Å². The fourth-order valence-corrected chi connectivity index (χ4v) is 1.68. The van der Waals surface area contributed by atoms with Crippen LogP contribution in [0.5, 0.6) is 5.75 Å². The zero-order chi connectivity index (χ0) is 15.6. The number of anilines is 3. The van der Waals surface area contributed by atoms with Gasteiger partial charge in [0.05, 0.1) is 0 Å². The zero-order valence-corrected chi connectivity index (χ0v) is 11.3. The molecule has 0 saturated heterocycles. The summed E-state index contributed by atoms with van der Waals surface area (Å²) in [6.07, 6.45) is -4.73. The van der Waals surface area contributed by atoms with Gasteiger partial charge in [-0.3, -0.25) is 0 Å². The number of nitrogens with zero attached hydrogens (tertiary/aromatic N) is 2. The molecule has 21 heavy (non-hydrogen) atoms. The van der Waals surface area contributed by atoms with Crippen LogP contribution in [0.2, 0.25) is 0 Å². The maximum absolute atomic E-state index is 12.2. The van der Waals surface area contributed by atoms with Crippen LogP contribution in [0.4, 0.5) is 30.5 Å². The van der Waals surface area contributed by atoms with Crippen LogP contribution >= 0.6 is 0 Å². The van der Waals surface area contributed by atoms with E-state index < -0.39 is 6.36 Å². The minimum Gasteiger partial charge on any atom is -0.406 e. The largest absolute Gasteiger partial charge is 0.573 e. The lowest BCUT2D eigenvalue weighted by molar-refractivity contribution is -0.274. The third-order valence-electron chi connectivity index (χ3n) is 2.63. The molecule has 2 aromatic rings. The molecule has 0 spiro atoms. The van der Waals surface area contributed by atoms with Gasteiger partial charge in [-0.2, -0.15) is 0 Å². The fraction of sp³-hybridized carbons (Fsp3) is 0.231. The van der Waals surface area contributed by atoms with E-state index in [2.05, 4.69) is 20.0 Å². The molecule has 5 nitrogen and oxygen atoms in total. The van der Waals surface area contributed by atoms with Crippen LogP contribution in [0.1, 0.15) is 11.4 Å². The van der Waals surface area contributed by atoms with Gasteiger partial charge in [0.1, 0.15) is 23.2 Å². The zero-order valence-electron chi connectivity index (χ0n) is 11.3. The predicted molar refractivity (Wildman–Crippen MR) is 72.3 cm³/mol. The molecule has 0 atom stereocenters. The third kappa shape index (κ3) is 3.98. The van der Waals surface area contributed by atoms with Crippen molar-refractivity contribution < 1.29 is 17.9 Å². The first kappa shape index (κ1) is 14.9. The monoisotopic (exact) mass is 298 g/mol. The Balaban J connectivity index is 2.26. The van der Waals surface area contributed by atoms with Crippen molar-refractivity contribution >= 4 is 17.3 Å². The van der Waals surface area contributed by atoms with Crippen molar-refractivity contribution in [3.63, 3.8) is 0 Å². The number of rotatable bonds is 3. The summed E-state index contributed by atoms with van der Waals surface area (Å²) in [6.45, 7) is 3.39. The molecule has 1 aromatic carbocycles. The fourth-order valence-electron chi connectivity index (χ4n) is 1.68. The average Bonchev–Trinajstić information content (AvgIpc) is 2.33. The van der Waals surface area contributed by atoms with Crippen LogP contribution in [0.25, 0.3) is 0 Å². The summed E-state index contributed by atoms with van der Waals surface area (Å²) in [4.78, 5) is 8.16. The minimum absolute atomic E-state index is 0.313. The number of benzene rings is 1. The number of aryl methyl sites for hydroxylation is 1. The number of alkyl halides is 3. The van der Waals surface area contributed by atoms with Gasteiger partial charge >= 0.3 is 6.36 Å². The van der Waals surface area contributed by atoms with Crippen LogP contribution < -0.4 is 15.8 Å². The summed E-state index contributed by atoms with van der Waals surface area (Å²) in [5.41, 5.74) is 6.74. The van der Waals surface area contributed by atoms with Gasteiger partial charge in [-0.05, 0) is 26.0 Å². The highest BCUT2D eigenvalue weighted by atomic mass is 19.4. The number of nitrogen functional groups attached to an aromatic ring is 1. The molecular formula is C13H13F3N4O. The highest BCUT2D eigenvalue weighted by molar-refractivity contribution is 5.64. The summed E-state index contributed by atoms with van der Waals surface area (Å²) >= 11 is 0. The van der Waals surface area contributed by atoms with E-state index in [1.807, 2.05) is 0 Å². The summed E-state index contributed by atoms with van der Waals surface area (Å²) < 4.78 is 40.4. The van der Waals surface area contributed by atoms with Crippen LogP contribution in [0.3, 0.4) is 0 Å². The molecule has 0 fully saturated rings. The average molecular weight is 298 g/mol. The van der Waals surface area contributed by atoms with E-state index in [0.717, 1.165) is 0 Å². The van der Waals surface area contributed by atoms with Gasteiger partial charge in [-0.1, -0.05) is 6.07 Å². The summed E-state index contributed by atoms with van der Waals surface area (Å²) in [7, 11) is 0. The molecule has 112 valence electrons. The molecule has 0 unspecified atom stereocenters. The second kappa shape index (κ2) is 5.47. The smallest absolute Gasteiger partial charge is 0.406 e. The van der Waals surface area contributed by atoms with Crippen molar-refractivity contribution in [3.05, 3.63) is 35.7 Å². The molecule has 2 rings (SSSR count). The van der Waals surface area contributed by atoms with E-state index in [1.165, 1.54) is 18.2 Å². The molecule has 0 radical (unpaired) electrons. The van der Waals surface area contributed by atoms with Gasteiger partial charge in [-0.25, -0.2) is 9.97 Å². The molecule has 1 heterocycles. The van der Waals surface area contributed by atoms with E-state index in [-0.39, 0.29) is 5.75 Å². The molecule has 0 amide bonds. The number of nitrogens with one attached hydrogen (secondary N) is 1. The first-order chi connectivity index (χ1) is 9.74. The lowest BCUT2D eigenvalue weighted by Gasteiger charge is -2.13. The van der Waals surface area contributed by atoms with Crippen molar-refractivity contribution in [1.29, 1.82) is 0 Å². The Labute approximate surface area is 119 Å². The van der Waals surface area contributed by atoms with Gasteiger partial charge < -0.3 is 15.8 Å². The molecular weight excluding hydrogens is 285 g/mol. The molecule has 0 aliphatic heterocycles. The number of hydrogen-bond acceptors (Lipinski definition) is 5. The van der Waals surface area contributed by atoms with Crippen molar-refractivity contribution in [1.82, 2.24) is 9.97 Å². The molecule has 0 aliphatic carbocycles. The molecule has 0 bridgehead atoms. The van der Waals surface area contributed by atoms with Crippen LogP contribution in [0.15, 0.2) is 24.3 Å². The summed E-state index contributed by atoms with van der Waals surface area (Å²) in [5.74, 6) is 0.893. The number of ether oxygens (including phenoxy) is 1. The van der Waals surface area contributed by atoms with E-state index in [4.69, 9.17) is 5.73 Å². The highest BCUT2D eigenvalue weighted by Gasteiger charge is 2.31. The lowest BCUT2D eigenvalue weighted by Crippen LogP contribution is -2.17. The number of aromatic nitrogens is 2. The first-order valence-electron chi connectivity index (χ1n) is 5.98. The van der Waals surface area contributed by atoms with E-state index >= 15 is 0 Å². The molecule has 8 heteroatoms. The maximum Gasteiger partial charge on any atom is 0.573 e. The number of halogens is 3. The number of nitrogens with two attached hydrogens (primary N) is 1. The van der Waals surface area contributed by atoms with Crippen LogP contribution in [-0.4, -0.2) is 16.3 Å². The Morgan fingerprint density at radius 3 is 2.57 bits per heavy atom. The van der Waals surface area contributed by atoms with Gasteiger partial charge in [0.2, 0.25) is 0 Å². The Bertz CT molecular complexity index is 658. The molecule has 3 N–H and O–H groups in total. The standard InChI is InChI=1S/C13H13F3N4O/c1-7-11(17)18-8(2)19-12(7)20-9-4-3-5-10(6-9)21-13(14,15)16/h3-6H,1-2H3,(H3,17,18,19,20). The highest BCUT2D eigenvalue weighted by Crippen LogP contribution is 2.27. The SMILES string of the molecule is Cc1nc(N)c(C)c(Nc2cccc(OC(F)(F)F)c2)n1. The normalized spacial score (nSPS) is 11.3. The van der Waals surface area contributed by atoms with Crippen molar-refractivity contribution in [3.8, 4) is 5.75 Å². The van der Waals surface area contributed by atoms with Gasteiger partial charge in [0.15, 0.2) is 0 Å². The lowest BCUT2D eigenvalue weighted by atomic mass is 10.2. The Hall–Kier alpha value is -2.51. The van der Waals surface area contributed by atoms with E-state index in [0.29, 0.717) is 28.7 Å². The Morgan fingerprint density at radius 2 is 1.90 bits per heavy atom. The van der Waals surface area contributed by atoms with Gasteiger partial charge in [0, 0.05) is 17.3 Å². The van der Waals surface area contributed by atoms with Crippen LogP contribution in [0, 0.1) is 13.8 Å². The predicted octanol–water partition coefficient (Wildman–Crippen LogP) is 3.32. The molecule has 0 aliphatic rings. The van der Waals surface area contributed by atoms with Crippen LogP contribution in [-0.2, 0) is 0 Å². The quantitative estimate of drug-likeness (QED) is 0.909. The summed E-state index contributed by atoms with van der Waals surface area (Å²) in [5, 5.41) is 2.90. The Morgan fingerprint density at radius 1 is 1.19 bits per heavy atom. The van der Waals surface area contributed by atoms with Crippen molar-refractivity contribution in [2.45, 2.75) is 20.2 Å². The molecule has 0 saturated carbocycles. The van der Waals surface area contributed by atoms with E-state index in [9.17, 15) is 13.2 Å². The number of hydrogen-bond donors (Lipinski definition) is 2. The van der Waals surface area contributed by atoms with Gasteiger partial charge in [0.25, 0.3) is 0 Å². The topological polar surface area (TPSA) is 73.1 Å². The third-order valence-corrected chi connectivity index (χ3v) is 2.63. The Kier molecular flexibility index (Phi) is 3.88. The molecule has 1 aromatic heterocycles. The van der Waals surface area contributed by atoms with E-state index in [1.54, 1.807) is 19.9 Å². The van der Waals surface area contributed by atoms with Crippen molar-refractivity contribution in [2.75, 3.05) is 11.1 Å².